The van der Waals surface area contributed by atoms with E-state index in [4.69, 9.17) is 16.3 Å². The summed E-state index contributed by atoms with van der Waals surface area (Å²) in [7, 11) is 0. The fourth-order valence-electron chi connectivity index (χ4n) is 1.76. The van der Waals surface area contributed by atoms with Crippen LogP contribution in [-0.4, -0.2) is 28.6 Å². The van der Waals surface area contributed by atoms with E-state index in [0.29, 0.717) is 16.5 Å². The number of ether oxygens (including phenoxy) is 1. The van der Waals surface area contributed by atoms with Crippen LogP contribution < -0.4 is 10.1 Å². The quantitative estimate of drug-likeness (QED) is 0.802. The van der Waals surface area contributed by atoms with Gasteiger partial charge < -0.3 is 15.2 Å². The summed E-state index contributed by atoms with van der Waals surface area (Å²) in [6.07, 6.45) is 1.02. The maximum atomic E-state index is 11.9. The van der Waals surface area contributed by atoms with Gasteiger partial charge in [-0.15, -0.1) is 0 Å². The first-order chi connectivity index (χ1) is 10.6. The smallest absolute Gasteiger partial charge is 0.251 e. The molecule has 2 rings (SSSR count). The Morgan fingerprint density at radius 3 is 2.95 bits per heavy atom. The van der Waals surface area contributed by atoms with E-state index in [9.17, 15) is 9.90 Å². The summed E-state index contributed by atoms with van der Waals surface area (Å²) in [5, 5.41) is 12.2. The number of halogens is 1. The number of carbonyl (C=O) groups is 1. The molecule has 22 heavy (non-hydrogen) atoms. The Hall–Kier alpha value is -2.11. The van der Waals surface area contributed by atoms with Gasteiger partial charge in [-0.3, -0.25) is 4.79 Å². The molecule has 0 spiro atoms. The van der Waals surface area contributed by atoms with Gasteiger partial charge in [-0.05, 0) is 31.2 Å². The molecule has 2 aromatic rings. The summed E-state index contributed by atoms with van der Waals surface area (Å²) < 4.78 is 5.64. The van der Waals surface area contributed by atoms with Crippen molar-refractivity contribution in [1.29, 1.82) is 0 Å². The lowest BCUT2D eigenvalue weighted by molar-refractivity contribution is 0.0923. The van der Waals surface area contributed by atoms with E-state index in [1.165, 1.54) is 0 Å². The Labute approximate surface area is 133 Å². The lowest BCUT2D eigenvalue weighted by Crippen LogP contribution is -2.30. The summed E-state index contributed by atoms with van der Waals surface area (Å²) in [5.41, 5.74) is 1.24. The predicted molar refractivity (Wildman–Crippen MR) is 84.0 cm³/mol. The molecule has 0 aliphatic carbocycles. The fraction of sp³-hybridized carbons (Fsp3) is 0.250. The highest BCUT2D eigenvalue weighted by Crippen LogP contribution is 2.18. The van der Waals surface area contributed by atoms with Crippen LogP contribution >= 0.6 is 11.6 Å². The van der Waals surface area contributed by atoms with Gasteiger partial charge in [0.25, 0.3) is 5.91 Å². The fourth-order valence-corrected chi connectivity index (χ4v) is 1.93. The molecule has 1 amide bonds. The highest BCUT2D eigenvalue weighted by Gasteiger charge is 2.08. The van der Waals surface area contributed by atoms with Crippen molar-refractivity contribution in [3.8, 4) is 5.75 Å². The predicted octanol–water partition coefficient (Wildman–Crippen LogP) is 2.42. The first-order valence-corrected chi connectivity index (χ1v) is 7.22. The van der Waals surface area contributed by atoms with Gasteiger partial charge in [0.1, 0.15) is 17.5 Å². The molecule has 2 N–H and O–H groups in total. The molecular formula is C16H17ClN2O3. The Morgan fingerprint density at radius 1 is 1.41 bits per heavy atom. The van der Waals surface area contributed by atoms with Gasteiger partial charge in [0.2, 0.25) is 0 Å². The number of aliphatic hydroxyl groups is 1. The zero-order valence-corrected chi connectivity index (χ0v) is 12.9. The number of benzene rings is 1. The number of pyridine rings is 1. The van der Waals surface area contributed by atoms with Crippen LogP contribution in [0.4, 0.5) is 0 Å². The molecular weight excluding hydrogens is 304 g/mol. The number of nitrogens with one attached hydrogen (secondary N) is 1. The summed E-state index contributed by atoms with van der Waals surface area (Å²) in [6, 6.07) is 10.4. The van der Waals surface area contributed by atoms with Crippen LogP contribution in [0.25, 0.3) is 0 Å². The van der Waals surface area contributed by atoms with Gasteiger partial charge in [-0.1, -0.05) is 23.7 Å². The largest absolute Gasteiger partial charge is 0.489 e. The van der Waals surface area contributed by atoms with Crippen LogP contribution in [0.3, 0.4) is 0 Å². The van der Waals surface area contributed by atoms with E-state index in [-0.39, 0.29) is 19.1 Å². The van der Waals surface area contributed by atoms with Crippen molar-refractivity contribution >= 4 is 17.5 Å². The summed E-state index contributed by atoms with van der Waals surface area (Å²) >= 11 is 5.96. The third-order valence-corrected chi connectivity index (χ3v) is 3.23. The van der Waals surface area contributed by atoms with Gasteiger partial charge in [-0.25, -0.2) is 4.98 Å². The van der Waals surface area contributed by atoms with Crippen LogP contribution in [-0.2, 0) is 6.61 Å². The topological polar surface area (TPSA) is 71.5 Å². The maximum absolute atomic E-state index is 11.9. The van der Waals surface area contributed by atoms with Gasteiger partial charge >= 0.3 is 0 Å². The van der Waals surface area contributed by atoms with Gasteiger partial charge in [0.15, 0.2) is 0 Å². The Morgan fingerprint density at radius 2 is 2.23 bits per heavy atom. The summed E-state index contributed by atoms with van der Waals surface area (Å²) in [5.74, 6) is 0.301. The molecule has 0 unspecified atom stereocenters. The number of rotatable bonds is 6. The number of nitrogens with zero attached hydrogens (tertiary/aromatic N) is 1. The van der Waals surface area contributed by atoms with Gasteiger partial charge in [0.05, 0.1) is 6.10 Å². The van der Waals surface area contributed by atoms with Crippen molar-refractivity contribution in [3.63, 3.8) is 0 Å². The molecule has 1 aromatic carbocycles. The first kappa shape index (κ1) is 16.3. The third-order valence-electron chi connectivity index (χ3n) is 2.88. The van der Waals surface area contributed by atoms with E-state index in [1.807, 2.05) is 6.07 Å². The van der Waals surface area contributed by atoms with Crippen LogP contribution in [0.15, 0.2) is 42.6 Å². The lowest BCUT2D eigenvalue weighted by Gasteiger charge is -2.10. The minimum Gasteiger partial charge on any atom is -0.489 e. The Balaban J connectivity index is 1.99. The van der Waals surface area contributed by atoms with Crippen molar-refractivity contribution in [2.24, 2.45) is 0 Å². The molecule has 0 radical (unpaired) electrons. The number of amides is 1. The molecule has 1 aromatic heterocycles. The molecule has 1 atom stereocenters. The number of aromatic nitrogens is 1. The van der Waals surface area contributed by atoms with Crippen LogP contribution in [0, 0.1) is 0 Å². The second-order valence-corrected chi connectivity index (χ2v) is 5.19. The van der Waals surface area contributed by atoms with Crippen LogP contribution in [0.5, 0.6) is 5.75 Å². The maximum Gasteiger partial charge on any atom is 0.251 e. The normalized spacial score (nSPS) is 11.8. The van der Waals surface area contributed by atoms with Crippen LogP contribution in [0.1, 0.15) is 22.8 Å². The average Bonchev–Trinajstić information content (AvgIpc) is 2.52. The molecule has 6 heteroatoms. The van der Waals surface area contributed by atoms with E-state index < -0.39 is 6.10 Å². The second kappa shape index (κ2) is 7.77. The van der Waals surface area contributed by atoms with Crippen molar-refractivity contribution < 1.29 is 14.6 Å². The Kier molecular flexibility index (Phi) is 5.75. The highest BCUT2D eigenvalue weighted by atomic mass is 35.5. The van der Waals surface area contributed by atoms with Crippen molar-refractivity contribution in [2.75, 3.05) is 6.54 Å². The SMILES string of the molecule is C[C@@H](O)CNC(=O)c1cccc(OCc2cccnc2Cl)c1. The van der Waals surface area contributed by atoms with E-state index >= 15 is 0 Å². The zero-order valence-electron chi connectivity index (χ0n) is 12.1. The number of hydrogen-bond donors (Lipinski definition) is 2. The van der Waals surface area contributed by atoms with Gasteiger partial charge in [-0.2, -0.15) is 0 Å². The minimum absolute atomic E-state index is 0.204. The monoisotopic (exact) mass is 320 g/mol. The molecule has 1 heterocycles. The molecule has 5 nitrogen and oxygen atoms in total. The van der Waals surface area contributed by atoms with Gasteiger partial charge in [0, 0.05) is 23.9 Å². The van der Waals surface area contributed by atoms with E-state index in [0.717, 1.165) is 5.56 Å². The standard InChI is InChI=1S/C16H17ClN2O3/c1-11(20)9-19-16(21)12-4-2-6-14(8-12)22-10-13-5-3-7-18-15(13)17/h2-8,11,20H,9-10H2,1H3,(H,19,21)/t11-/m1/s1. The molecule has 0 saturated heterocycles. The van der Waals surface area contributed by atoms with Crippen molar-refractivity contribution in [2.45, 2.75) is 19.6 Å². The molecule has 0 aliphatic rings. The third kappa shape index (κ3) is 4.72. The second-order valence-electron chi connectivity index (χ2n) is 4.83. The van der Waals surface area contributed by atoms with E-state index in [1.54, 1.807) is 43.5 Å². The molecule has 0 bridgehead atoms. The van der Waals surface area contributed by atoms with Crippen LogP contribution in [0.2, 0.25) is 5.15 Å². The number of carbonyl (C=O) groups excluding carboxylic acids is 1. The molecule has 0 fully saturated rings. The molecule has 116 valence electrons. The summed E-state index contributed by atoms with van der Waals surface area (Å²) in [4.78, 5) is 15.9. The summed E-state index contributed by atoms with van der Waals surface area (Å²) in [6.45, 7) is 2.08. The average molecular weight is 321 g/mol. The highest BCUT2D eigenvalue weighted by molar-refractivity contribution is 6.30. The van der Waals surface area contributed by atoms with E-state index in [2.05, 4.69) is 10.3 Å². The number of aliphatic hydroxyl groups excluding tert-OH is 1. The molecule has 0 aliphatic heterocycles. The lowest BCUT2D eigenvalue weighted by atomic mass is 10.2. The van der Waals surface area contributed by atoms with Crippen molar-refractivity contribution in [3.05, 3.63) is 58.9 Å². The number of hydrogen-bond acceptors (Lipinski definition) is 4. The first-order valence-electron chi connectivity index (χ1n) is 6.85. The molecule has 0 saturated carbocycles. The minimum atomic E-state index is -0.587. The Bertz CT molecular complexity index is 647. The van der Waals surface area contributed by atoms with Crippen molar-refractivity contribution in [1.82, 2.24) is 10.3 Å². The zero-order chi connectivity index (χ0) is 15.9.